The van der Waals surface area contributed by atoms with Crippen molar-refractivity contribution in [3.05, 3.63) is 32.6 Å². The zero-order chi connectivity index (χ0) is 12.5. The normalized spacial score (nSPS) is 11.8. The minimum atomic E-state index is -0.301. The summed E-state index contributed by atoms with van der Waals surface area (Å²) >= 11 is 0. The summed E-state index contributed by atoms with van der Waals surface area (Å²) in [6.45, 7) is 6.54. The van der Waals surface area contributed by atoms with Crippen molar-refractivity contribution in [2.45, 2.75) is 32.9 Å². The predicted octanol–water partition coefficient (Wildman–Crippen LogP) is -0.0279. The molecular formula is C11H19N3O2. The lowest BCUT2D eigenvalue weighted by Crippen LogP contribution is -2.42. The molecule has 90 valence electrons. The van der Waals surface area contributed by atoms with Gasteiger partial charge in [0, 0.05) is 37.9 Å². The van der Waals surface area contributed by atoms with Gasteiger partial charge in [-0.25, -0.2) is 4.79 Å². The fourth-order valence-corrected chi connectivity index (χ4v) is 1.36. The summed E-state index contributed by atoms with van der Waals surface area (Å²) in [6, 6.07) is 0. The monoisotopic (exact) mass is 225 g/mol. The van der Waals surface area contributed by atoms with E-state index in [1.54, 1.807) is 13.2 Å². The van der Waals surface area contributed by atoms with Gasteiger partial charge in [0.15, 0.2) is 0 Å². The lowest BCUT2D eigenvalue weighted by molar-refractivity contribution is 0.420. The van der Waals surface area contributed by atoms with Crippen molar-refractivity contribution in [2.24, 2.45) is 14.1 Å². The van der Waals surface area contributed by atoms with Crippen molar-refractivity contribution in [2.75, 3.05) is 0 Å². The second kappa shape index (κ2) is 4.25. The Labute approximate surface area is 94.7 Å². The van der Waals surface area contributed by atoms with Gasteiger partial charge >= 0.3 is 5.69 Å². The highest BCUT2D eigenvalue weighted by atomic mass is 16.2. The first-order valence-corrected chi connectivity index (χ1v) is 5.23. The second-order valence-corrected chi connectivity index (χ2v) is 5.02. The topological polar surface area (TPSA) is 56.0 Å². The van der Waals surface area contributed by atoms with Crippen LogP contribution in [-0.4, -0.2) is 14.7 Å². The highest BCUT2D eigenvalue weighted by Crippen LogP contribution is 2.00. The van der Waals surface area contributed by atoms with Gasteiger partial charge in [-0.15, -0.1) is 0 Å². The zero-order valence-electron chi connectivity index (χ0n) is 10.5. The molecule has 0 aliphatic carbocycles. The molecule has 0 fully saturated rings. The predicted molar refractivity (Wildman–Crippen MR) is 63.5 cm³/mol. The Balaban J connectivity index is 3.08. The Morgan fingerprint density at radius 1 is 1.25 bits per heavy atom. The summed E-state index contributed by atoms with van der Waals surface area (Å²) in [5, 5.41) is 3.22. The Kier molecular flexibility index (Phi) is 3.38. The van der Waals surface area contributed by atoms with Gasteiger partial charge in [0.2, 0.25) is 0 Å². The van der Waals surface area contributed by atoms with E-state index in [4.69, 9.17) is 0 Å². The molecule has 0 atom stereocenters. The molecule has 0 unspecified atom stereocenters. The zero-order valence-corrected chi connectivity index (χ0v) is 10.5. The molecule has 1 aromatic rings. The van der Waals surface area contributed by atoms with Crippen LogP contribution in [0.15, 0.2) is 15.8 Å². The number of nitrogens with one attached hydrogen (secondary N) is 1. The van der Waals surface area contributed by atoms with Crippen molar-refractivity contribution in [1.82, 2.24) is 14.5 Å². The van der Waals surface area contributed by atoms with E-state index in [0.29, 0.717) is 12.1 Å². The summed E-state index contributed by atoms with van der Waals surface area (Å²) in [5.41, 5.74) is 0.00332. The summed E-state index contributed by atoms with van der Waals surface area (Å²) in [7, 11) is 3.13. The maximum atomic E-state index is 11.8. The largest absolute Gasteiger partial charge is 0.330 e. The molecule has 0 aliphatic rings. The standard InChI is InChI=1S/C11H19N3O2/c1-11(2,3)12-6-8-7-13(4)10(16)14(5)9(8)15/h7,12H,6H2,1-5H3. The molecule has 0 amide bonds. The molecule has 0 spiro atoms. The van der Waals surface area contributed by atoms with Crippen LogP contribution >= 0.6 is 0 Å². The molecule has 16 heavy (non-hydrogen) atoms. The van der Waals surface area contributed by atoms with Gasteiger partial charge in [-0.05, 0) is 20.8 Å². The average molecular weight is 225 g/mol. The first-order chi connectivity index (χ1) is 7.22. The molecule has 5 nitrogen and oxygen atoms in total. The Bertz CT molecular complexity index is 491. The highest BCUT2D eigenvalue weighted by molar-refractivity contribution is 5.05. The molecule has 0 aromatic carbocycles. The first-order valence-electron chi connectivity index (χ1n) is 5.23. The maximum Gasteiger partial charge on any atom is 0.330 e. The van der Waals surface area contributed by atoms with Crippen LogP contribution in [0, 0.1) is 0 Å². The number of hydrogen-bond acceptors (Lipinski definition) is 3. The minimum Gasteiger partial charge on any atom is -0.308 e. The quantitative estimate of drug-likeness (QED) is 0.769. The lowest BCUT2D eigenvalue weighted by Gasteiger charge is -2.20. The van der Waals surface area contributed by atoms with Crippen LogP contribution in [0.4, 0.5) is 0 Å². The van der Waals surface area contributed by atoms with Crippen molar-refractivity contribution >= 4 is 0 Å². The summed E-state index contributed by atoms with van der Waals surface area (Å²) in [4.78, 5) is 23.2. The molecule has 0 aliphatic heterocycles. The number of nitrogens with zero attached hydrogens (tertiary/aromatic N) is 2. The summed E-state index contributed by atoms with van der Waals surface area (Å²) in [5.74, 6) is 0. The van der Waals surface area contributed by atoms with Crippen LogP contribution in [0.3, 0.4) is 0 Å². The molecule has 0 bridgehead atoms. The smallest absolute Gasteiger partial charge is 0.308 e. The maximum absolute atomic E-state index is 11.8. The van der Waals surface area contributed by atoms with Crippen molar-refractivity contribution in [3.63, 3.8) is 0 Å². The van der Waals surface area contributed by atoms with Crippen molar-refractivity contribution in [3.8, 4) is 0 Å². The SMILES string of the molecule is Cn1cc(CNC(C)(C)C)c(=O)n(C)c1=O. The van der Waals surface area contributed by atoms with Crippen LogP contribution < -0.4 is 16.6 Å². The van der Waals surface area contributed by atoms with E-state index in [0.717, 1.165) is 4.57 Å². The molecular weight excluding hydrogens is 206 g/mol. The summed E-state index contributed by atoms with van der Waals surface area (Å²) < 4.78 is 2.54. The van der Waals surface area contributed by atoms with Crippen LogP contribution in [0.2, 0.25) is 0 Å². The van der Waals surface area contributed by atoms with Gasteiger partial charge in [0.05, 0.1) is 0 Å². The molecule has 1 heterocycles. The molecule has 1 rings (SSSR count). The Morgan fingerprint density at radius 3 is 2.31 bits per heavy atom. The average Bonchev–Trinajstić information content (AvgIpc) is 2.17. The lowest BCUT2D eigenvalue weighted by atomic mass is 10.1. The van der Waals surface area contributed by atoms with Gasteiger partial charge in [-0.1, -0.05) is 0 Å². The van der Waals surface area contributed by atoms with Crippen LogP contribution in [-0.2, 0) is 20.6 Å². The van der Waals surface area contributed by atoms with Crippen LogP contribution in [0.5, 0.6) is 0 Å². The third kappa shape index (κ3) is 2.82. The second-order valence-electron chi connectivity index (χ2n) is 5.02. The van der Waals surface area contributed by atoms with E-state index in [1.165, 1.54) is 11.6 Å². The first kappa shape index (κ1) is 12.7. The minimum absolute atomic E-state index is 0.0558. The molecule has 0 radical (unpaired) electrons. The Hall–Kier alpha value is -1.36. The molecule has 0 saturated carbocycles. The fraction of sp³-hybridized carbons (Fsp3) is 0.636. The molecule has 0 saturated heterocycles. The number of rotatable bonds is 2. The molecule has 1 N–H and O–H groups in total. The van der Waals surface area contributed by atoms with Gasteiger partial charge in [0.1, 0.15) is 0 Å². The van der Waals surface area contributed by atoms with E-state index >= 15 is 0 Å². The molecule has 5 heteroatoms. The molecule has 1 aromatic heterocycles. The number of aryl methyl sites for hydroxylation is 1. The van der Waals surface area contributed by atoms with E-state index in [2.05, 4.69) is 5.32 Å². The van der Waals surface area contributed by atoms with E-state index < -0.39 is 0 Å². The van der Waals surface area contributed by atoms with E-state index in [-0.39, 0.29) is 16.8 Å². The van der Waals surface area contributed by atoms with Crippen molar-refractivity contribution in [1.29, 1.82) is 0 Å². The third-order valence-corrected chi connectivity index (χ3v) is 2.33. The van der Waals surface area contributed by atoms with E-state index in [9.17, 15) is 9.59 Å². The fourth-order valence-electron chi connectivity index (χ4n) is 1.36. The number of hydrogen-bond donors (Lipinski definition) is 1. The van der Waals surface area contributed by atoms with E-state index in [1.807, 2.05) is 20.8 Å². The Morgan fingerprint density at radius 2 is 1.81 bits per heavy atom. The van der Waals surface area contributed by atoms with Gasteiger partial charge < -0.3 is 9.88 Å². The van der Waals surface area contributed by atoms with Crippen LogP contribution in [0.25, 0.3) is 0 Å². The van der Waals surface area contributed by atoms with Crippen molar-refractivity contribution < 1.29 is 0 Å². The van der Waals surface area contributed by atoms with Gasteiger partial charge in [-0.3, -0.25) is 9.36 Å². The van der Waals surface area contributed by atoms with Crippen LogP contribution in [0.1, 0.15) is 26.3 Å². The third-order valence-electron chi connectivity index (χ3n) is 2.33. The summed E-state index contributed by atoms with van der Waals surface area (Å²) in [6.07, 6.45) is 1.59. The van der Waals surface area contributed by atoms with Gasteiger partial charge in [-0.2, -0.15) is 0 Å². The number of aromatic nitrogens is 2. The van der Waals surface area contributed by atoms with Gasteiger partial charge in [0.25, 0.3) is 5.56 Å². The highest BCUT2D eigenvalue weighted by Gasteiger charge is 2.11.